The van der Waals surface area contributed by atoms with Crippen molar-refractivity contribution in [3.63, 3.8) is 0 Å². The molecule has 1 saturated heterocycles. The number of carbonyl (C=O) groups is 1. The molecule has 1 aromatic carbocycles. The predicted molar refractivity (Wildman–Crippen MR) is 92.9 cm³/mol. The van der Waals surface area contributed by atoms with E-state index in [2.05, 4.69) is 6.08 Å². The monoisotopic (exact) mass is 348 g/mol. The molecule has 1 aromatic heterocycles. The van der Waals surface area contributed by atoms with Crippen LogP contribution in [0, 0.1) is 0 Å². The minimum absolute atomic E-state index is 0.130. The Morgan fingerprint density at radius 1 is 1.48 bits per heavy atom. The molecule has 2 atom stereocenters. The fourth-order valence-corrected chi connectivity index (χ4v) is 4.82. The molecule has 0 spiro atoms. The predicted octanol–water partition coefficient (Wildman–Crippen LogP) is 4.73. The molecule has 2 aromatic rings. The maximum atomic E-state index is 12.1. The topological polar surface area (TPSA) is 42.4 Å². The fraction of sp³-hybridized carbons (Fsp3) is 0.412. The van der Waals surface area contributed by atoms with Gasteiger partial charge < -0.3 is 4.74 Å². The highest BCUT2D eigenvalue weighted by molar-refractivity contribution is 7.19. The van der Waals surface area contributed by atoms with Crippen LogP contribution in [0.25, 0.3) is 15.8 Å². The number of fused-ring (bicyclic) bond motifs is 3. The molecule has 23 heavy (non-hydrogen) atoms. The van der Waals surface area contributed by atoms with Gasteiger partial charge in [-0.15, -0.1) is 11.3 Å². The average Bonchev–Trinajstić information content (AvgIpc) is 3.08. The lowest BCUT2D eigenvalue weighted by Gasteiger charge is -2.32. The van der Waals surface area contributed by atoms with E-state index >= 15 is 0 Å². The molecule has 6 heteroatoms. The molecule has 120 valence electrons. The van der Waals surface area contributed by atoms with Gasteiger partial charge in [-0.3, -0.25) is 4.90 Å². The van der Waals surface area contributed by atoms with E-state index in [1.807, 2.05) is 30.0 Å². The third kappa shape index (κ3) is 2.52. The van der Waals surface area contributed by atoms with E-state index < -0.39 is 0 Å². The quantitative estimate of drug-likeness (QED) is 0.788. The lowest BCUT2D eigenvalue weighted by molar-refractivity contribution is 0.0933. The Morgan fingerprint density at radius 3 is 3.09 bits per heavy atom. The molecular weight excluding hydrogens is 332 g/mol. The van der Waals surface area contributed by atoms with Crippen LogP contribution in [0.5, 0.6) is 0 Å². The summed E-state index contributed by atoms with van der Waals surface area (Å²) in [5.74, 6) is 0. The highest BCUT2D eigenvalue weighted by Gasteiger charge is 2.41. The number of nitrogens with zero attached hydrogens (tertiary/aromatic N) is 2. The molecular formula is C17H17ClN2O2S. The van der Waals surface area contributed by atoms with Crippen molar-refractivity contribution in [3.05, 3.63) is 34.3 Å². The SMILES string of the molecule is CCOC(=O)N1C2C=C(c3nc4c(Cl)cccc4s3)CC1CC2. The second-order valence-corrected chi connectivity index (χ2v) is 7.34. The minimum Gasteiger partial charge on any atom is -0.450 e. The van der Waals surface area contributed by atoms with Gasteiger partial charge in [0, 0.05) is 6.04 Å². The third-order valence-electron chi connectivity index (χ3n) is 4.52. The van der Waals surface area contributed by atoms with Crippen molar-refractivity contribution >= 4 is 44.8 Å². The molecule has 0 radical (unpaired) electrons. The molecule has 2 bridgehead atoms. The summed E-state index contributed by atoms with van der Waals surface area (Å²) in [6.45, 7) is 2.26. The van der Waals surface area contributed by atoms with Gasteiger partial charge in [0.2, 0.25) is 0 Å². The number of para-hydroxylation sites is 1. The van der Waals surface area contributed by atoms with Crippen molar-refractivity contribution < 1.29 is 9.53 Å². The van der Waals surface area contributed by atoms with Crippen molar-refractivity contribution in [3.8, 4) is 0 Å². The summed E-state index contributed by atoms with van der Waals surface area (Å²) in [5, 5.41) is 1.71. The molecule has 2 unspecified atom stereocenters. The Balaban J connectivity index is 1.67. The Bertz CT molecular complexity index is 801. The first-order valence-electron chi connectivity index (χ1n) is 7.88. The fourth-order valence-electron chi connectivity index (χ4n) is 3.52. The third-order valence-corrected chi connectivity index (χ3v) is 5.92. The van der Waals surface area contributed by atoms with Crippen molar-refractivity contribution in [1.29, 1.82) is 0 Å². The summed E-state index contributed by atoms with van der Waals surface area (Å²) in [4.78, 5) is 18.8. The second-order valence-electron chi connectivity index (χ2n) is 5.91. The summed E-state index contributed by atoms with van der Waals surface area (Å²) in [7, 11) is 0. The summed E-state index contributed by atoms with van der Waals surface area (Å²) in [6.07, 6.45) is 4.86. The van der Waals surface area contributed by atoms with Crippen LogP contribution in [0.1, 0.15) is 31.2 Å². The Hall–Kier alpha value is -1.59. The van der Waals surface area contributed by atoms with Gasteiger partial charge in [-0.05, 0) is 43.9 Å². The number of benzene rings is 1. The number of hydrogen-bond donors (Lipinski definition) is 0. The number of carbonyl (C=O) groups excluding carboxylic acids is 1. The van der Waals surface area contributed by atoms with Crippen LogP contribution >= 0.6 is 22.9 Å². The largest absolute Gasteiger partial charge is 0.450 e. The lowest BCUT2D eigenvalue weighted by atomic mass is 10.0. The number of aromatic nitrogens is 1. The van der Waals surface area contributed by atoms with E-state index in [0.717, 1.165) is 34.5 Å². The van der Waals surface area contributed by atoms with E-state index in [0.29, 0.717) is 11.6 Å². The molecule has 2 aliphatic rings. The molecule has 4 rings (SSSR count). The number of amides is 1. The molecule has 1 fully saturated rings. The summed E-state index contributed by atoms with van der Waals surface area (Å²) in [6, 6.07) is 6.22. The van der Waals surface area contributed by atoms with E-state index in [4.69, 9.17) is 21.3 Å². The molecule has 0 saturated carbocycles. The summed E-state index contributed by atoms with van der Waals surface area (Å²) >= 11 is 7.90. The first kappa shape index (κ1) is 15.0. The standard InChI is InChI=1S/C17H17ClN2O2S/c1-2-22-17(21)20-11-6-7-12(20)9-10(8-11)16-19-15-13(18)4-3-5-14(15)23-16/h3-5,8,11-12H,2,6-7,9H2,1H3. The summed E-state index contributed by atoms with van der Waals surface area (Å²) in [5.41, 5.74) is 2.10. The van der Waals surface area contributed by atoms with Crippen LogP contribution in [0.3, 0.4) is 0 Å². The van der Waals surface area contributed by atoms with E-state index in [1.54, 1.807) is 11.3 Å². The van der Waals surface area contributed by atoms with Gasteiger partial charge in [-0.25, -0.2) is 9.78 Å². The zero-order chi connectivity index (χ0) is 16.0. The van der Waals surface area contributed by atoms with Crippen molar-refractivity contribution in [1.82, 2.24) is 9.88 Å². The van der Waals surface area contributed by atoms with Crippen LogP contribution in [0.15, 0.2) is 24.3 Å². The first-order chi connectivity index (χ1) is 11.2. The molecule has 0 N–H and O–H groups in total. The van der Waals surface area contributed by atoms with Crippen LogP contribution in [0.2, 0.25) is 5.02 Å². The van der Waals surface area contributed by atoms with Crippen LogP contribution in [0.4, 0.5) is 4.79 Å². The van der Waals surface area contributed by atoms with Crippen LogP contribution < -0.4 is 0 Å². The number of thiazole rings is 1. The lowest BCUT2D eigenvalue weighted by Crippen LogP contribution is -2.43. The van der Waals surface area contributed by atoms with Gasteiger partial charge in [0.25, 0.3) is 0 Å². The molecule has 0 aliphatic carbocycles. The first-order valence-corrected chi connectivity index (χ1v) is 9.08. The van der Waals surface area contributed by atoms with Crippen molar-refractivity contribution in [2.24, 2.45) is 0 Å². The normalized spacial score (nSPS) is 23.2. The molecule has 2 aliphatic heterocycles. The zero-order valence-electron chi connectivity index (χ0n) is 12.8. The van der Waals surface area contributed by atoms with E-state index in [-0.39, 0.29) is 18.2 Å². The van der Waals surface area contributed by atoms with Gasteiger partial charge in [-0.2, -0.15) is 0 Å². The number of ether oxygens (including phenoxy) is 1. The van der Waals surface area contributed by atoms with Gasteiger partial charge in [-0.1, -0.05) is 23.7 Å². The highest BCUT2D eigenvalue weighted by Crippen LogP contribution is 2.41. The number of hydrogen-bond acceptors (Lipinski definition) is 4. The van der Waals surface area contributed by atoms with Gasteiger partial charge in [0.1, 0.15) is 10.5 Å². The maximum Gasteiger partial charge on any atom is 0.410 e. The Morgan fingerprint density at radius 2 is 2.35 bits per heavy atom. The van der Waals surface area contributed by atoms with E-state index in [9.17, 15) is 4.79 Å². The zero-order valence-corrected chi connectivity index (χ0v) is 14.4. The van der Waals surface area contributed by atoms with Gasteiger partial charge in [0.05, 0.1) is 22.4 Å². The Labute approximate surface area is 143 Å². The molecule has 3 heterocycles. The van der Waals surface area contributed by atoms with Crippen LogP contribution in [-0.2, 0) is 4.74 Å². The van der Waals surface area contributed by atoms with Gasteiger partial charge >= 0.3 is 6.09 Å². The van der Waals surface area contributed by atoms with Crippen molar-refractivity contribution in [2.75, 3.05) is 6.61 Å². The highest BCUT2D eigenvalue weighted by atomic mass is 35.5. The van der Waals surface area contributed by atoms with Gasteiger partial charge in [0.15, 0.2) is 0 Å². The Kier molecular flexibility index (Phi) is 3.77. The summed E-state index contributed by atoms with van der Waals surface area (Å²) < 4.78 is 6.30. The minimum atomic E-state index is -0.192. The van der Waals surface area contributed by atoms with Crippen molar-refractivity contribution in [2.45, 2.75) is 38.3 Å². The maximum absolute atomic E-state index is 12.1. The smallest absolute Gasteiger partial charge is 0.410 e. The van der Waals surface area contributed by atoms with Crippen LogP contribution in [-0.4, -0.2) is 34.7 Å². The molecule has 4 nitrogen and oxygen atoms in total. The number of rotatable bonds is 2. The van der Waals surface area contributed by atoms with E-state index in [1.165, 1.54) is 5.57 Å². The molecule has 1 amide bonds. The average molecular weight is 349 g/mol. The second kappa shape index (κ2) is 5.80. The number of halogens is 1.